The van der Waals surface area contributed by atoms with Crippen molar-refractivity contribution in [3.05, 3.63) is 75.8 Å². The van der Waals surface area contributed by atoms with Crippen molar-refractivity contribution in [2.24, 2.45) is 0 Å². The first kappa shape index (κ1) is 19.2. The first-order valence-corrected chi connectivity index (χ1v) is 9.39. The Morgan fingerprint density at radius 1 is 1.14 bits per heavy atom. The predicted molar refractivity (Wildman–Crippen MR) is 111 cm³/mol. The van der Waals surface area contributed by atoms with E-state index in [4.69, 9.17) is 23.2 Å². The number of aromatic carboxylic acids is 1. The number of carbonyl (C=O) groups is 1. The zero-order chi connectivity index (χ0) is 20.5. The van der Waals surface area contributed by atoms with Gasteiger partial charge in [-0.2, -0.15) is 0 Å². The van der Waals surface area contributed by atoms with Gasteiger partial charge in [0.15, 0.2) is 17.3 Å². The van der Waals surface area contributed by atoms with Crippen molar-refractivity contribution in [2.75, 3.05) is 5.32 Å². The summed E-state index contributed by atoms with van der Waals surface area (Å²) >= 11 is 12.6. The molecule has 2 aromatic carbocycles. The molecule has 0 radical (unpaired) electrons. The van der Waals surface area contributed by atoms with Gasteiger partial charge < -0.3 is 15.0 Å². The lowest BCUT2D eigenvalue weighted by Crippen LogP contribution is -2.10. The lowest BCUT2D eigenvalue weighted by atomic mass is 10.1. The number of anilines is 2. The third kappa shape index (κ3) is 3.74. The molecule has 2 aromatic rings. The number of carboxylic acid groups (broad SMARTS) is 1. The van der Waals surface area contributed by atoms with Crippen molar-refractivity contribution in [1.29, 1.82) is 0 Å². The van der Waals surface area contributed by atoms with Gasteiger partial charge in [0.1, 0.15) is 6.33 Å². The van der Waals surface area contributed by atoms with Crippen molar-refractivity contribution in [2.45, 2.75) is 13.5 Å². The number of hydrogen-bond donors (Lipinski definition) is 2. The predicted octanol–water partition coefficient (Wildman–Crippen LogP) is 4.88. The fraction of sp³-hybridized carbons (Fsp3) is 0.100. The Bertz CT molecular complexity index is 1170. The SMILES string of the molecule is Cc1cc(Nc2ncn(Cc3c(Cl)cccc3Cl)c3ncnc2-3)ccc1C(=O)O. The number of halogens is 2. The number of carboxylic acids is 1. The minimum absolute atomic E-state index is 0.254. The van der Waals surface area contributed by atoms with Gasteiger partial charge in [0, 0.05) is 21.3 Å². The first-order valence-electron chi connectivity index (χ1n) is 8.63. The smallest absolute Gasteiger partial charge is 0.335 e. The second kappa shape index (κ2) is 7.69. The van der Waals surface area contributed by atoms with E-state index in [1.54, 1.807) is 49.6 Å². The van der Waals surface area contributed by atoms with E-state index in [1.807, 2.05) is 4.57 Å². The van der Waals surface area contributed by atoms with Crippen LogP contribution in [0.3, 0.4) is 0 Å². The molecule has 7 nitrogen and oxygen atoms in total. The molecule has 0 unspecified atom stereocenters. The molecule has 0 aliphatic carbocycles. The summed E-state index contributed by atoms with van der Waals surface area (Å²) in [7, 11) is 0. The molecule has 2 N–H and O–H groups in total. The highest BCUT2D eigenvalue weighted by atomic mass is 35.5. The fourth-order valence-corrected chi connectivity index (χ4v) is 3.58. The van der Waals surface area contributed by atoms with Crippen molar-refractivity contribution in [3.8, 4) is 11.5 Å². The molecule has 0 aromatic heterocycles. The van der Waals surface area contributed by atoms with Gasteiger partial charge in [-0.3, -0.25) is 0 Å². The van der Waals surface area contributed by atoms with Gasteiger partial charge in [-0.15, -0.1) is 0 Å². The molecule has 29 heavy (non-hydrogen) atoms. The number of imidazole rings is 1. The summed E-state index contributed by atoms with van der Waals surface area (Å²) in [4.78, 5) is 24.3. The molecule has 0 bridgehead atoms. The summed E-state index contributed by atoms with van der Waals surface area (Å²) in [5.74, 6) is 0.175. The molecular formula is C20H15Cl2N5O2. The minimum atomic E-state index is -0.963. The number of aryl methyl sites for hydroxylation is 1. The average Bonchev–Trinajstić information content (AvgIpc) is 3.16. The van der Waals surface area contributed by atoms with Crippen LogP contribution in [0.5, 0.6) is 0 Å². The Labute approximate surface area is 176 Å². The van der Waals surface area contributed by atoms with Crippen LogP contribution in [-0.2, 0) is 6.54 Å². The second-order valence-electron chi connectivity index (χ2n) is 6.43. The van der Waals surface area contributed by atoms with Crippen molar-refractivity contribution >= 4 is 40.7 Å². The normalized spacial score (nSPS) is 11.0. The van der Waals surface area contributed by atoms with E-state index in [-0.39, 0.29) is 5.56 Å². The van der Waals surface area contributed by atoms with E-state index < -0.39 is 5.97 Å². The topological polar surface area (TPSA) is 92.9 Å². The van der Waals surface area contributed by atoms with Gasteiger partial charge in [-0.05, 0) is 42.8 Å². The number of nitrogens with one attached hydrogen (secondary N) is 1. The van der Waals surface area contributed by atoms with E-state index in [2.05, 4.69) is 20.3 Å². The van der Waals surface area contributed by atoms with Crippen molar-refractivity contribution in [1.82, 2.24) is 19.5 Å². The molecule has 0 amide bonds. The molecule has 9 heteroatoms. The van der Waals surface area contributed by atoms with Crippen LogP contribution in [0.2, 0.25) is 10.0 Å². The van der Waals surface area contributed by atoms with E-state index in [9.17, 15) is 9.90 Å². The van der Waals surface area contributed by atoms with Crippen LogP contribution < -0.4 is 5.32 Å². The standard InChI is InChI=1S/C20H15Cl2N5O2/c1-11-7-12(5-6-13(11)20(28)29)26-18-17-19(24-9-23-17)27(10-25-18)8-14-15(21)3-2-4-16(14)22/h2-7,9-10,26H,8H2,1H3,(H,28,29). The molecule has 0 atom stereocenters. The Balaban J connectivity index is 1.66. The Kier molecular flexibility index (Phi) is 5.08. The third-order valence-electron chi connectivity index (χ3n) is 4.51. The molecule has 2 heterocycles. The molecule has 0 saturated heterocycles. The Morgan fingerprint density at radius 2 is 1.90 bits per heavy atom. The number of aromatic nitrogens is 4. The quantitative estimate of drug-likeness (QED) is 0.471. The molecular weight excluding hydrogens is 413 g/mol. The van der Waals surface area contributed by atoms with Gasteiger partial charge in [0.25, 0.3) is 0 Å². The van der Waals surface area contributed by atoms with Gasteiger partial charge in [0.2, 0.25) is 0 Å². The molecule has 4 rings (SSSR count). The molecule has 2 aliphatic rings. The highest BCUT2D eigenvalue weighted by Gasteiger charge is 2.19. The molecule has 0 saturated carbocycles. The number of nitrogens with zero attached hydrogens (tertiary/aromatic N) is 4. The first-order chi connectivity index (χ1) is 13.9. The van der Waals surface area contributed by atoms with Gasteiger partial charge in [0.05, 0.1) is 18.4 Å². The molecule has 2 aliphatic heterocycles. The Morgan fingerprint density at radius 3 is 2.59 bits per heavy atom. The lowest BCUT2D eigenvalue weighted by molar-refractivity contribution is 0.0696. The fourth-order valence-electron chi connectivity index (χ4n) is 3.06. The maximum Gasteiger partial charge on any atom is 0.335 e. The maximum atomic E-state index is 11.2. The third-order valence-corrected chi connectivity index (χ3v) is 5.22. The molecule has 0 fully saturated rings. The minimum Gasteiger partial charge on any atom is -0.478 e. The summed E-state index contributed by atoms with van der Waals surface area (Å²) < 4.78 is 1.82. The molecule has 146 valence electrons. The summed E-state index contributed by atoms with van der Waals surface area (Å²) in [6.07, 6.45) is 3.10. The van der Waals surface area contributed by atoms with E-state index in [1.165, 1.54) is 6.33 Å². The second-order valence-corrected chi connectivity index (χ2v) is 7.24. The highest BCUT2D eigenvalue weighted by molar-refractivity contribution is 6.36. The van der Waals surface area contributed by atoms with Gasteiger partial charge >= 0.3 is 5.97 Å². The maximum absolute atomic E-state index is 11.2. The zero-order valence-electron chi connectivity index (χ0n) is 15.2. The largest absolute Gasteiger partial charge is 0.478 e. The van der Waals surface area contributed by atoms with E-state index in [0.717, 1.165) is 5.56 Å². The average molecular weight is 428 g/mol. The monoisotopic (exact) mass is 427 g/mol. The van der Waals surface area contributed by atoms with Gasteiger partial charge in [-0.1, -0.05) is 29.3 Å². The summed E-state index contributed by atoms with van der Waals surface area (Å²) in [5, 5.41) is 13.5. The van der Waals surface area contributed by atoms with Crippen LogP contribution in [0.25, 0.3) is 11.5 Å². The Hall–Kier alpha value is -3.16. The van der Waals surface area contributed by atoms with Crippen LogP contribution >= 0.6 is 23.2 Å². The van der Waals surface area contributed by atoms with Gasteiger partial charge in [-0.25, -0.2) is 19.7 Å². The summed E-state index contributed by atoms with van der Waals surface area (Å²) in [6, 6.07) is 10.3. The van der Waals surface area contributed by atoms with Crippen LogP contribution in [0.1, 0.15) is 21.5 Å². The summed E-state index contributed by atoms with van der Waals surface area (Å²) in [6.45, 7) is 2.14. The van der Waals surface area contributed by atoms with Crippen LogP contribution in [0.15, 0.2) is 49.1 Å². The number of hydrogen-bond acceptors (Lipinski definition) is 5. The van der Waals surface area contributed by atoms with E-state index >= 15 is 0 Å². The summed E-state index contributed by atoms with van der Waals surface area (Å²) in [5.41, 5.74) is 2.95. The van der Waals surface area contributed by atoms with Crippen LogP contribution in [-0.4, -0.2) is 30.6 Å². The van der Waals surface area contributed by atoms with E-state index in [0.29, 0.717) is 45.2 Å². The zero-order valence-corrected chi connectivity index (χ0v) is 16.7. The van der Waals surface area contributed by atoms with Crippen molar-refractivity contribution in [3.63, 3.8) is 0 Å². The highest BCUT2D eigenvalue weighted by Crippen LogP contribution is 2.30. The number of benzene rings is 2. The van der Waals surface area contributed by atoms with Crippen LogP contribution in [0.4, 0.5) is 11.5 Å². The number of fused-ring (bicyclic) bond motifs is 1. The van der Waals surface area contributed by atoms with Crippen LogP contribution in [0, 0.1) is 6.92 Å². The lowest BCUT2D eigenvalue weighted by Gasteiger charge is -2.16. The molecule has 0 spiro atoms. The van der Waals surface area contributed by atoms with Crippen molar-refractivity contribution < 1.29 is 9.90 Å². The number of rotatable bonds is 5.